The summed E-state index contributed by atoms with van der Waals surface area (Å²) in [7, 11) is 0. The van der Waals surface area contributed by atoms with Crippen molar-refractivity contribution in [1.29, 1.82) is 0 Å². The summed E-state index contributed by atoms with van der Waals surface area (Å²) < 4.78 is 59.1. The zero-order chi connectivity index (χ0) is 20.9. The lowest BCUT2D eigenvalue weighted by Crippen LogP contribution is -2.52. The van der Waals surface area contributed by atoms with Crippen molar-refractivity contribution in [2.24, 2.45) is 5.92 Å². The highest BCUT2D eigenvalue weighted by Gasteiger charge is 2.46. The number of hydrogen-bond acceptors (Lipinski definition) is 5. The van der Waals surface area contributed by atoms with Crippen LogP contribution < -0.4 is 5.32 Å². The van der Waals surface area contributed by atoms with Crippen molar-refractivity contribution in [3.8, 4) is 0 Å². The average molecular weight is 412 g/mol. The van der Waals surface area contributed by atoms with E-state index < -0.39 is 30.9 Å². The molecule has 1 fully saturated rings. The number of nitrogens with zero attached hydrogens (tertiary/aromatic N) is 3. The zero-order valence-corrected chi connectivity index (χ0v) is 15.4. The van der Waals surface area contributed by atoms with Gasteiger partial charge in [-0.15, -0.1) is 0 Å². The van der Waals surface area contributed by atoms with E-state index in [1.807, 2.05) is 0 Å². The van der Waals surface area contributed by atoms with Gasteiger partial charge in [0, 0.05) is 37.0 Å². The Morgan fingerprint density at radius 1 is 1.24 bits per heavy atom. The molecule has 1 N–H and O–H groups in total. The molecular formula is C19H20F4N4O2. The molecule has 0 radical (unpaired) electrons. The van der Waals surface area contributed by atoms with Gasteiger partial charge in [0.2, 0.25) is 5.95 Å². The van der Waals surface area contributed by atoms with Crippen molar-refractivity contribution in [1.82, 2.24) is 14.9 Å². The normalized spacial score (nSPS) is 18.5. The van der Waals surface area contributed by atoms with Crippen molar-refractivity contribution in [3.05, 3.63) is 53.9 Å². The summed E-state index contributed by atoms with van der Waals surface area (Å²) in [6.07, 6.45) is -0.343. The SMILES string of the molecule is O=C(OCc1ccc(C(F)F)cc1)N1CC[C@H](CNc2ncccn2)C(F)(F)C1. The number of nitrogens with one attached hydrogen (secondary N) is 1. The topological polar surface area (TPSA) is 67.3 Å². The number of halogens is 4. The number of anilines is 1. The Balaban J connectivity index is 1.49. The van der Waals surface area contributed by atoms with Crippen LogP contribution in [-0.4, -0.2) is 46.5 Å². The first kappa shape index (κ1) is 20.8. The number of likely N-dealkylation sites (tertiary alicyclic amines) is 1. The van der Waals surface area contributed by atoms with Gasteiger partial charge in [-0.25, -0.2) is 32.3 Å². The van der Waals surface area contributed by atoms with Crippen LogP contribution in [0.2, 0.25) is 0 Å². The number of amides is 1. The molecule has 2 aromatic rings. The smallest absolute Gasteiger partial charge is 0.410 e. The third-order valence-electron chi connectivity index (χ3n) is 4.67. The van der Waals surface area contributed by atoms with E-state index in [4.69, 9.17) is 4.74 Å². The second-order valence-electron chi connectivity index (χ2n) is 6.72. The highest BCUT2D eigenvalue weighted by Crippen LogP contribution is 2.33. The maximum Gasteiger partial charge on any atom is 0.410 e. The molecule has 1 saturated heterocycles. The summed E-state index contributed by atoms with van der Waals surface area (Å²) >= 11 is 0. The fraction of sp³-hybridized carbons (Fsp3) is 0.421. The second kappa shape index (κ2) is 9.06. The number of hydrogen-bond donors (Lipinski definition) is 1. The van der Waals surface area contributed by atoms with Gasteiger partial charge in [-0.05, 0) is 18.1 Å². The minimum atomic E-state index is -3.10. The molecule has 1 amide bonds. The van der Waals surface area contributed by atoms with Gasteiger partial charge in [-0.3, -0.25) is 0 Å². The summed E-state index contributed by atoms with van der Waals surface area (Å²) in [5, 5.41) is 2.78. The van der Waals surface area contributed by atoms with Crippen molar-refractivity contribution in [2.45, 2.75) is 25.4 Å². The molecule has 0 spiro atoms. The van der Waals surface area contributed by atoms with Gasteiger partial charge in [0.1, 0.15) is 6.61 Å². The summed E-state index contributed by atoms with van der Waals surface area (Å²) in [5.74, 6) is -3.81. The first-order chi connectivity index (χ1) is 13.8. The first-order valence-electron chi connectivity index (χ1n) is 9.02. The van der Waals surface area contributed by atoms with Gasteiger partial charge in [0.15, 0.2) is 0 Å². The molecule has 156 valence electrons. The Hall–Kier alpha value is -2.91. The Morgan fingerprint density at radius 2 is 1.93 bits per heavy atom. The first-order valence-corrected chi connectivity index (χ1v) is 9.02. The molecule has 10 heteroatoms. The predicted octanol–water partition coefficient (Wildman–Crippen LogP) is 4.12. The number of rotatable bonds is 6. The number of benzene rings is 1. The quantitative estimate of drug-likeness (QED) is 0.723. The van der Waals surface area contributed by atoms with E-state index in [1.54, 1.807) is 6.07 Å². The summed E-state index contributed by atoms with van der Waals surface area (Å²) in [6, 6.07) is 6.91. The summed E-state index contributed by atoms with van der Waals surface area (Å²) in [4.78, 5) is 21.0. The number of carbonyl (C=O) groups excluding carboxylic acids is 1. The lowest BCUT2D eigenvalue weighted by atomic mass is 9.93. The maximum atomic E-state index is 14.5. The fourth-order valence-corrected chi connectivity index (χ4v) is 2.99. The lowest BCUT2D eigenvalue weighted by molar-refractivity contribution is -0.102. The largest absolute Gasteiger partial charge is 0.445 e. The van der Waals surface area contributed by atoms with Gasteiger partial charge in [0.05, 0.1) is 6.54 Å². The van der Waals surface area contributed by atoms with E-state index >= 15 is 0 Å². The standard InChI is InChI=1S/C19H20F4N4O2/c20-16(21)14-4-2-13(3-5-14)11-29-18(28)27-9-6-15(19(22,23)12-27)10-26-17-24-7-1-8-25-17/h1-5,7-8,15-16H,6,9-12H2,(H,24,25,26)/t15-/m1/s1. The van der Waals surface area contributed by atoms with E-state index in [0.29, 0.717) is 5.56 Å². The molecule has 0 saturated carbocycles. The van der Waals surface area contributed by atoms with Gasteiger partial charge in [0.25, 0.3) is 12.3 Å². The number of carbonyl (C=O) groups is 1. The summed E-state index contributed by atoms with van der Waals surface area (Å²) in [6.45, 7) is -0.823. The Bertz CT molecular complexity index is 806. The highest BCUT2D eigenvalue weighted by atomic mass is 19.3. The van der Waals surface area contributed by atoms with Crippen LogP contribution in [-0.2, 0) is 11.3 Å². The second-order valence-corrected chi connectivity index (χ2v) is 6.72. The number of alkyl halides is 4. The molecule has 3 rings (SSSR count). The molecule has 1 atom stereocenters. The van der Waals surface area contributed by atoms with Crippen LogP contribution in [0.3, 0.4) is 0 Å². The van der Waals surface area contributed by atoms with Gasteiger partial charge < -0.3 is 15.0 Å². The highest BCUT2D eigenvalue weighted by molar-refractivity contribution is 5.68. The Kier molecular flexibility index (Phi) is 6.50. The van der Waals surface area contributed by atoms with Crippen LogP contribution in [0.15, 0.2) is 42.7 Å². The minimum absolute atomic E-state index is 0.0175. The van der Waals surface area contributed by atoms with Gasteiger partial charge in [-0.1, -0.05) is 24.3 Å². The number of ether oxygens (including phenoxy) is 1. The number of piperidine rings is 1. The van der Waals surface area contributed by atoms with E-state index in [1.165, 1.54) is 36.7 Å². The Labute approximate surface area is 164 Å². The molecule has 1 aliphatic heterocycles. The van der Waals surface area contributed by atoms with Crippen LogP contribution in [0.5, 0.6) is 0 Å². The van der Waals surface area contributed by atoms with Gasteiger partial charge >= 0.3 is 6.09 Å². The molecule has 0 unspecified atom stereocenters. The van der Waals surface area contributed by atoms with Crippen molar-refractivity contribution >= 4 is 12.0 Å². The van der Waals surface area contributed by atoms with Crippen LogP contribution >= 0.6 is 0 Å². The van der Waals surface area contributed by atoms with Crippen LogP contribution in [0, 0.1) is 5.92 Å². The van der Waals surface area contributed by atoms with E-state index in [0.717, 1.165) is 4.90 Å². The van der Waals surface area contributed by atoms with Crippen LogP contribution in [0.25, 0.3) is 0 Å². The molecular weight excluding hydrogens is 392 g/mol. The minimum Gasteiger partial charge on any atom is -0.445 e. The fourth-order valence-electron chi connectivity index (χ4n) is 2.99. The third kappa shape index (κ3) is 5.55. The molecule has 6 nitrogen and oxygen atoms in total. The molecule has 1 aromatic carbocycles. The molecule has 0 aliphatic carbocycles. The molecule has 0 bridgehead atoms. The zero-order valence-electron chi connectivity index (χ0n) is 15.4. The lowest BCUT2D eigenvalue weighted by Gasteiger charge is -2.37. The van der Waals surface area contributed by atoms with Crippen LogP contribution in [0.4, 0.5) is 28.3 Å². The summed E-state index contributed by atoms with van der Waals surface area (Å²) in [5.41, 5.74) is 0.354. The van der Waals surface area contributed by atoms with E-state index in [2.05, 4.69) is 15.3 Å². The molecule has 29 heavy (non-hydrogen) atoms. The molecule has 1 aliphatic rings. The van der Waals surface area contributed by atoms with Gasteiger partial charge in [-0.2, -0.15) is 0 Å². The Morgan fingerprint density at radius 3 is 2.55 bits per heavy atom. The van der Waals surface area contributed by atoms with Crippen molar-refractivity contribution in [2.75, 3.05) is 25.0 Å². The average Bonchev–Trinajstić information content (AvgIpc) is 2.71. The molecule has 1 aromatic heterocycles. The van der Waals surface area contributed by atoms with E-state index in [9.17, 15) is 22.4 Å². The van der Waals surface area contributed by atoms with Crippen LogP contribution in [0.1, 0.15) is 24.0 Å². The monoisotopic (exact) mass is 412 g/mol. The van der Waals surface area contributed by atoms with E-state index in [-0.39, 0.29) is 37.6 Å². The maximum absolute atomic E-state index is 14.5. The molecule has 2 heterocycles. The third-order valence-corrected chi connectivity index (χ3v) is 4.67. The number of aromatic nitrogens is 2. The van der Waals surface area contributed by atoms with Crippen molar-refractivity contribution in [3.63, 3.8) is 0 Å². The predicted molar refractivity (Wildman–Crippen MR) is 96.7 cm³/mol. The van der Waals surface area contributed by atoms with Crippen molar-refractivity contribution < 1.29 is 27.1 Å².